The predicted octanol–water partition coefficient (Wildman–Crippen LogP) is 0.417. The Hall–Kier alpha value is -1.36. The highest BCUT2D eigenvalue weighted by Gasteiger charge is 2.27. The number of carbonyl (C=O) groups is 1. The molecule has 1 aliphatic rings. The number of aryl methyl sites for hydroxylation is 1. The molecule has 2 heterocycles. The Morgan fingerprint density at radius 2 is 2.53 bits per heavy atom. The average Bonchev–Trinajstić information content (AvgIpc) is 2.64. The summed E-state index contributed by atoms with van der Waals surface area (Å²) >= 11 is 0. The van der Waals surface area contributed by atoms with E-state index in [1.54, 1.807) is 6.92 Å². The molecule has 5 nitrogen and oxygen atoms in total. The number of nitrogens with zero attached hydrogens (tertiary/aromatic N) is 2. The molecular weight excluding hydrogens is 194 g/mol. The van der Waals surface area contributed by atoms with Crippen LogP contribution in [0.25, 0.3) is 0 Å². The maximum Gasteiger partial charge on any atom is 0.291 e. The van der Waals surface area contributed by atoms with E-state index in [4.69, 9.17) is 4.42 Å². The van der Waals surface area contributed by atoms with Crippen molar-refractivity contribution in [3.63, 3.8) is 0 Å². The fourth-order valence-corrected chi connectivity index (χ4v) is 1.78. The van der Waals surface area contributed by atoms with Gasteiger partial charge in [0.1, 0.15) is 0 Å². The number of rotatable bonds is 1. The first kappa shape index (κ1) is 10.2. The molecule has 2 rings (SSSR count). The lowest BCUT2D eigenvalue weighted by Crippen LogP contribution is -2.52. The van der Waals surface area contributed by atoms with E-state index in [0.717, 1.165) is 19.6 Å². The van der Waals surface area contributed by atoms with Crippen LogP contribution in [0, 0.1) is 6.92 Å². The van der Waals surface area contributed by atoms with Crippen molar-refractivity contribution in [2.45, 2.75) is 19.9 Å². The monoisotopic (exact) mass is 209 g/mol. The summed E-state index contributed by atoms with van der Waals surface area (Å²) in [7, 11) is 0. The quantitative estimate of drug-likeness (QED) is 0.728. The number of amides is 1. The Morgan fingerprint density at radius 1 is 1.73 bits per heavy atom. The molecule has 82 valence electrons. The molecule has 1 aliphatic heterocycles. The zero-order chi connectivity index (χ0) is 10.8. The minimum Gasteiger partial charge on any atom is -0.438 e. The van der Waals surface area contributed by atoms with Gasteiger partial charge < -0.3 is 14.6 Å². The van der Waals surface area contributed by atoms with Crippen LogP contribution in [0.4, 0.5) is 0 Å². The third-order valence-electron chi connectivity index (χ3n) is 2.70. The predicted molar refractivity (Wildman–Crippen MR) is 54.6 cm³/mol. The smallest absolute Gasteiger partial charge is 0.291 e. The van der Waals surface area contributed by atoms with Crippen LogP contribution in [0.3, 0.4) is 0 Å². The summed E-state index contributed by atoms with van der Waals surface area (Å²) in [5.74, 6) is 0.308. The lowest BCUT2D eigenvalue weighted by Gasteiger charge is -2.33. The third-order valence-corrected chi connectivity index (χ3v) is 2.70. The van der Waals surface area contributed by atoms with Gasteiger partial charge in [-0.3, -0.25) is 4.79 Å². The molecule has 0 bridgehead atoms. The first-order valence-corrected chi connectivity index (χ1v) is 5.12. The van der Waals surface area contributed by atoms with Crippen molar-refractivity contribution >= 4 is 5.91 Å². The van der Waals surface area contributed by atoms with Crippen LogP contribution >= 0.6 is 0 Å². The Labute approximate surface area is 88.5 Å². The van der Waals surface area contributed by atoms with Crippen molar-refractivity contribution in [2.75, 3.05) is 19.6 Å². The molecule has 0 radical (unpaired) electrons. The van der Waals surface area contributed by atoms with Crippen molar-refractivity contribution in [2.24, 2.45) is 0 Å². The normalized spacial score (nSPS) is 21.7. The highest BCUT2D eigenvalue weighted by atomic mass is 16.3. The Balaban J connectivity index is 2.17. The summed E-state index contributed by atoms with van der Waals surface area (Å²) < 4.78 is 5.10. The van der Waals surface area contributed by atoms with E-state index < -0.39 is 0 Å². The van der Waals surface area contributed by atoms with E-state index in [9.17, 15) is 4.79 Å². The lowest BCUT2D eigenvalue weighted by atomic mass is 10.2. The maximum atomic E-state index is 12.1. The Bertz CT molecular complexity index is 361. The van der Waals surface area contributed by atoms with E-state index in [2.05, 4.69) is 10.3 Å². The van der Waals surface area contributed by atoms with Crippen LogP contribution in [0.1, 0.15) is 23.2 Å². The Kier molecular flexibility index (Phi) is 2.73. The standard InChI is InChI=1S/C10H15N3O2/c1-7-5-11-3-4-13(7)10(14)9-8(2)12-6-15-9/h6-7,11H,3-5H2,1-2H3. The molecular formula is C10H15N3O2. The zero-order valence-electron chi connectivity index (χ0n) is 8.99. The van der Waals surface area contributed by atoms with E-state index in [0.29, 0.717) is 11.5 Å². The van der Waals surface area contributed by atoms with Gasteiger partial charge in [-0.2, -0.15) is 0 Å². The van der Waals surface area contributed by atoms with Crippen molar-refractivity contribution in [3.05, 3.63) is 17.8 Å². The van der Waals surface area contributed by atoms with Gasteiger partial charge in [-0.1, -0.05) is 0 Å². The number of oxazole rings is 1. The maximum absolute atomic E-state index is 12.1. The molecule has 0 aromatic carbocycles. The van der Waals surface area contributed by atoms with E-state index in [1.807, 2.05) is 11.8 Å². The molecule has 0 spiro atoms. The van der Waals surface area contributed by atoms with Gasteiger partial charge in [-0.15, -0.1) is 0 Å². The van der Waals surface area contributed by atoms with Gasteiger partial charge in [0, 0.05) is 25.7 Å². The number of piperazine rings is 1. The minimum absolute atomic E-state index is 0.0565. The molecule has 0 saturated carbocycles. The molecule has 1 atom stereocenters. The first-order chi connectivity index (χ1) is 7.20. The van der Waals surface area contributed by atoms with Crippen molar-refractivity contribution in [1.29, 1.82) is 0 Å². The van der Waals surface area contributed by atoms with Gasteiger partial charge in [0.2, 0.25) is 5.76 Å². The molecule has 1 amide bonds. The van der Waals surface area contributed by atoms with Crippen LogP contribution < -0.4 is 5.32 Å². The molecule has 1 aromatic rings. The second kappa shape index (κ2) is 4.02. The molecule has 15 heavy (non-hydrogen) atoms. The lowest BCUT2D eigenvalue weighted by molar-refractivity contribution is 0.0622. The van der Waals surface area contributed by atoms with Crippen LogP contribution in [0.2, 0.25) is 0 Å². The highest BCUT2D eigenvalue weighted by molar-refractivity contribution is 5.92. The SMILES string of the molecule is Cc1ncoc1C(=O)N1CCNCC1C. The zero-order valence-corrected chi connectivity index (χ0v) is 8.99. The average molecular weight is 209 g/mol. The van der Waals surface area contributed by atoms with Crippen molar-refractivity contribution < 1.29 is 9.21 Å². The number of hydrogen-bond acceptors (Lipinski definition) is 4. The summed E-state index contributed by atoms with van der Waals surface area (Å²) in [6.07, 6.45) is 1.31. The van der Waals surface area contributed by atoms with Crippen molar-refractivity contribution in [3.8, 4) is 0 Å². The van der Waals surface area contributed by atoms with Crippen molar-refractivity contribution in [1.82, 2.24) is 15.2 Å². The van der Waals surface area contributed by atoms with Gasteiger partial charge in [0.05, 0.1) is 5.69 Å². The third kappa shape index (κ3) is 1.87. The van der Waals surface area contributed by atoms with Gasteiger partial charge in [-0.05, 0) is 13.8 Å². The van der Waals surface area contributed by atoms with E-state index in [1.165, 1.54) is 6.39 Å². The molecule has 1 unspecified atom stereocenters. The van der Waals surface area contributed by atoms with Gasteiger partial charge in [0.15, 0.2) is 6.39 Å². The molecule has 1 saturated heterocycles. The largest absolute Gasteiger partial charge is 0.438 e. The number of aromatic nitrogens is 1. The Morgan fingerprint density at radius 3 is 3.13 bits per heavy atom. The van der Waals surface area contributed by atoms with Gasteiger partial charge in [0.25, 0.3) is 5.91 Å². The topological polar surface area (TPSA) is 58.4 Å². The summed E-state index contributed by atoms with van der Waals surface area (Å²) in [4.78, 5) is 17.8. The second-order valence-corrected chi connectivity index (χ2v) is 3.82. The van der Waals surface area contributed by atoms with Gasteiger partial charge >= 0.3 is 0 Å². The van der Waals surface area contributed by atoms with E-state index in [-0.39, 0.29) is 11.9 Å². The summed E-state index contributed by atoms with van der Waals surface area (Å²) in [6.45, 7) is 6.20. The van der Waals surface area contributed by atoms with Crippen LogP contribution in [0.5, 0.6) is 0 Å². The van der Waals surface area contributed by atoms with Gasteiger partial charge in [-0.25, -0.2) is 4.98 Å². The fourth-order valence-electron chi connectivity index (χ4n) is 1.78. The molecule has 1 fully saturated rings. The summed E-state index contributed by atoms with van der Waals surface area (Å²) in [5, 5.41) is 3.24. The van der Waals surface area contributed by atoms with E-state index >= 15 is 0 Å². The second-order valence-electron chi connectivity index (χ2n) is 3.82. The summed E-state index contributed by atoms with van der Waals surface area (Å²) in [5.41, 5.74) is 0.658. The summed E-state index contributed by atoms with van der Waals surface area (Å²) in [6, 6.07) is 0.204. The highest BCUT2D eigenvalue weighted by Crippen LogP contribution is 2.12. The number of carbonyl (C=O) groups excluding carboxylic acids is 1. The number of nitrogens with one attached hydrogen (secondary N) is 1. The molecule has 0 aliphatic carbocycles. The number of hydrogen-bond donors (Lipinski definition) is 1. The fraction of sp³-hybridized carbons (Fsp3) is 0.600. The first-order valence-electron chi connectivity index (χ1n) is 5.12. The van der Waals surface area contributed by atoms with Crippen LogP contribution in [0.15, 0.2) is 10.8 Å². The molecule has 1 N–H and O–H groups in total. The molecule has 1 aromatic heterocycles. The minimum atomic E-state index is -0.0565. The van der Waals surface area contributed by atoms with Crippen LogP contribution in [-0.2, 0) is 0 Å². The van der Waals surface area contributed by atoms with Crippen LogP contribution in [-0.4, -0.2) is 41.5 Å². The molecule has 5 heteroatoms.